The summed E-state index contributed by atoms with van der Waals surface area (Å²) in [5, 5.41) is 7.84. The molecule has 0 spiro atoms. The third-order valence-electron chi connectivity index (χ3n) is 5.75. The van der Waals surface area contributed by atoms with Crippen LogP contribution in [0, 0.1) is 5.92 Å². The predicted octanol–water partition coefficient (Wildman–Crippen LogP) is 1.36. The Bertz CT molecular complexity index is 495. The van der Waals surface area contributed by atoms with Gasteiger partial charge in [-0.1, -0.05) is 12.8 Å². The Kier molecular flexibility index (Phi) is 3.86. The number of amides is 1. The van der Waals surface area contributed by atoms with Gasteiger partial charge in [-0.2, -0.15) is 5.10 Å². The van der Waals surface area contributed by atoms with Gasteiger partial charge in [0.05, 0.1) is 12.1 Å². The molecule has 0 radical (unpaired) electrons. The van der Waals surface area contributed by atoms with Gasteiger partial charge in [-0.3, -0.25) is 4.79 Å². The molecule has 4 rings (SSSR count). The van der Waals surface area contributed by atoms with E-state index in [9.17, 15) is 4.79 Å². The Morgan fingerprint density at radius 3 is 2.68 bits per heavy atom. The average molecular weight is 303 g/mol. The molecule has 2 aliphatic heterocycles. The number of aromatic nitrogens is 3. The number of hydrogen-bond donors (Lipinski definition) is 1. The van der Waals surface area contributed by atoms with E-state index in [1.807, 2.05) is 4.68 Å². The second-order valence-corrected chi connectivity index (χ2v) is 7.04. The molecule has 3 aliphatic rings. The van der Waals surface area contributed by atoms with Gasteiger partial charge in [0.1, 0.15) is 12.7 Å². The molecule has 120 valence electrons. The van der Waals surface area contributed by atoms with Gasteiger partial charge in [0.15, 0.2) is 0 Å². The first-order valence-electron chi connectivity index (χ1n) is 8.70. The fraction of sp³-hybridized carbons (Fsp3) is 0.812. The molecule has 6 nitrogen and oxygen atoms in total. The number of piperidine rings is 1. The van der Waals surface area contributed by atoms with Crippen molar-refractivity contribution in [2.24, 2.45) is 5.92 Å². The molecule has 3 unspecified atom stereocenters. The third kappa shape index (κ3) is 2.64. The molecular formula is C16H25N5O. The number of likely N-dealkylation sites (tertiary alicyclic amines) is 1. The summed E-state index contributed by atoms with van der Waals surface area (Å²) in [6.07, 6.45) is 11.6. The van der Waals surface area contributed by atoms with Gasteiger partial charge < -0.3 is 10.2 Å². The lowest BCUT2D eigenvalue weighted by molar-refractivity contribution is -0.134. The number of fused-ring (bicyclic) bond motifs is 1. The van der Waals surface area contributed by atoms with Crippen molar-refractivity contribution in [2.45, 2.75) is 63.1 Å². The van der Waals surface area contributed by atoms with Gasteiger partial charge in [0.2, 0.25) is 5.91 Å². The van der Waals surface area contributed by atoms with Crippen molar-refractivity contribution in [2.75, 3.05) is 13.1 Å². The molecule has 3 heterocycles. The zero-order valence-electron chi connectivity index (χ0n) is 13.0. The van der Waals surface area contributed by atoms with Crippen molar-refractivity contribution >= 4 is 5.91 Å². The molecule has 1 aromatic heterocycles. The van der Waals surface area contributed by atoms with Crippen molar-refractivity contribution in [1.29, 1.82) is 0 Å². The Morgan fingerprint density at radius 2 is 1.95 bits per heavy atom. The summed E-state index contributed by atoms with van der Waals surface area (Å²) in [6.45, 7) is 1.69. The molecule has 0 bridgehead atoms. The minimum Gasteiger partial charge on any atom is -0.341 e. The standard InChI is InChI=1S/C16H25N5O/c22-16(15-9-12-3-1-2-4-14(12)19-15)20-7-5-13(6-8-20)21-11-17-10-18-21/h10-15,19H,1-9H2. The Labute approximate surface area is 131 Å². The lowest BCUT2D eigenvalue weighted by Crippen LogP contribution is -2.48. The van der Waals surface area contributed by atoms with Crippen molar-refractivity contribution in [3.8, 4) is 0 Å². The lowest BCUT2D eigenvalue weighted by atomic mass is 9.85. The van der Waals surface area contributed by atoms with E-state index >= 15 is 0 Å². The summed E-state index contributed by atoms with van der Waals surface area (Å²) in [5.41, 5.74) is 0. The number of hydrogen-bond acceptors (Lipinski definition) is 4. The monoisotopic (exact) mass is 303 g/mol. The smallest absolute Gasteiger partial charge is 0.239 e. The van der Waals surface area contributed by atoms with E-state index < -0.39 is 0 Å². The van der Waals surface area contributed by atoms with Gasteiger partial charge in [0, 0.05) is 19.1 Å². The Hall–Kier alpha value is -1.43. The largest absolute Gasteiger partial charge is 0.341 e. The van der Waals surface area contributed by atoms with Crippen LogP contribution in [0.4, 0.5) is 0 Å². The van der Waals surface area contributed by atoms with Crippen LogP contribution in [0.1, 0.15) is 51.0 Å². The number of carbonyl (C=O) groups excluding carboxylic acids is 1. The molecule has 2 saturated heterocycles. The normalized spacial score (nSPS) is 32.9. The second kappa shape index (κ2) is 5.99. The van der Waals surface area contributed by atoms with Crippen LogP contribution in [0.15, 0.2) is 12.7 Å². The zero-order valence-corrected chi connectivity index (χ0v) is 13.0. The van der Waals surface area contributed by atoms with Crippen LogP contribution in [0.2, 0.25) is 0 Å². The van der Waals surface area contributed by atoms with E-state index in [4.69, 9.17) is 0 Å². The van der Waals surface area contributed by atoms with Crippen molar-refractivity contribution in [3.63, 3.8) is 0 Å². The highest BCUT2D eigenvalue weighted by atomic mass is 16.2. The summed E-state index contributed by atoms with van der Waals surface area (Å²) in [5.74, 6) is 1.06. The highest BCUT2D eigenvalue weighted by Gasteiger charge is 2.40. The maximum Gasteiger partial charge on any atom is 0.239 e. The number of carbonyl (C=O) groups is 1. The quantitative estimate of drug-likeness (QED) is 0.896. The van der Waals surface area contributed by atoms with Crippen LogP contribution in [0.3, 0.4) is 0 Å². The van der Waals surface area contributed by atoms with Gasteiger partial charge in [0.25, 0.3) is 0 Å². The minimum atomic E-state index is 0.0658. The van der Waals surface area contributed by atoms with E-state index in [2.05, 4.69) is 20.3 Å². The van der Waals surface area contributed by atoms with Crippen LogP contribution in [0.5, 0.6) is 0 Å². The molecule has 6 heteroatoms. The fourth-order valence-electron chi connectivity index (χ4n) is 4.49. The van der Waals surface area contributed by atoms with Gasteiger partial charge in [-0.25, -0.2) is 9.67 Å². The first-order valence-corrected chi connectivity index (χ1v) is 8.70. The number of nitrogens with one attached hydrogen (secondary N) is 1. The molecule has 1 aromatic rings. The van der Waals surface area contributed by atoms with E-state index in [0.717, 1.165) is 38.3 Å². The highest BCUT2D eigenvalue weighted by molar-refractivity contribution is 5.82. The minimum absolute atomic E-state index is 0.0658. The molecule has 1 N–H and O–H groups in total. The molecule has 1 aliphatic carbocycles. The first-order chi connectivity index (χ1) is 10.8. The molecule has 3 fully saturated rings. The Balaban J connectivity index is 1.32. The highest BCUT2D eigenvalue weighted by Crippen LogP contribution is 2.34. The SMILES string of the molecule is O=C(C1CC2CCCCC2N1)N1CCC(n2cncn2)CC1. The van der Waals surface area contributed by atoms with Gasteiger partial charge >= 0.3 is 0 Å². The molecule has 1 saturated carbocycles. The topological polar surface area (TPSA) is 63.1 Å². The van der Waals surface area contributed by atoms with Crippen LogP contribution < -0.4 is 5.32 Å². The zero-order chi connectivity index (χ0) is 14.9. The predicted molar refractivity (Wildman–Crippen MR) is 82.2 cm³/mol. The maximum absolute atomic E-state index is 12.8. The molecule has 1 amide bonds. The molecular weight excluding hydrogens is 278 g/mol. The number of rotatable bonds is 2. The summed E-state index contributed by atoms with van der Waals surface area (Å²) in [7, 11) is 0. The first kappa shape index (κ1) is 14.2. The molecule has 22 heavy (non-hydrogen) atoms. The van der Waals surface area contributed by atoms with Crippen LogP contribution in [0.25, 0.3) is 0 Å². The third-order valence-corrected chi connectivity index (χ3v) is 5.75. The maximum atomic E-state index is 12.8. The van der Waals surface area contributed by atoms with Crippen molar-refractivity contribution < 1.29 is 4.79 Å². The Morgan fingerprint density at radius 1 is 1.14 bits per heavy atom. The van der Waals surface area contributed by atoms with Crippen LogP contribution >= 0.6 is 0 Å². The second-order valence-electron chi connectivity index (χ2n) is 7.04. The summed E-state index contributed by atoms with van der Waals surface area (Å²) in [4.78, 5) is 18.8. The summed E-state index contributed by atoms with van der Waals surface area (Å²) >= 11 is 0. The van der Waals surface area contributed by atoms with E-state index in [0.29, 0.717) is 18.0 Å². The fourth-order valence-corrected chi connectivity index (χ4v) is 4.49. The van der Waals surface area contributed by atoms with E-state index in [1.54, 1.807) is 12.7 Å². The molecule has 3 atom stereocenters. The van der Waals surface area contributed by atoms with E-state index in [-0.39, 0.29) is 6.04 Å². The molecule has 0 aromatic carbocycles. The summed E-state index contributed by atoms with van der Waals surface area (Å²) in [6, 6.07) is 1.05. The summed E-state index contributed by atoms with van der Waals surface area (Å²) < 4.78 is 1.93. The lowest BCUT2D eigenvalue weighted by Gasteiger charge is -2.33. The average Bonchev–Trinajstić information content (AvgIpc) is 3.23. The number of nitrogens with zero attached hydrogens (tertiary/aromatic N) is 4. The van der Waals surface area contributed by atoms with Crippen LogP contribution in [-0.4, -0.2) is 50.7 Å². The van der Waals surface area contributed by atoms with Crippen molar-refractivity contribution in [3.05, 3.63) is 12.7 Å². The van der Waals surface area contributed by atoms with Gasteiger partial charge in [-0.05, 0) is 38.0 Å². The van der Waals surface area contributed by atoms with Crippen LogP contribution in [-0.2, 0) is 4.79 Å². The van der Waals surface area contributed by atoms with Gasteiger partial charge in [-0.15, -0.1) is 0 Å². The van der Waals surface area contributed by atoms with E-state index in [1.165, 1.54) is 25.7 Å². The van der Waals surface area contributed by atoms with Crippen molar-refractivity contribution in [1.82, 2.24) is 25.0 Å².